The minimum absolute atomic E-state index is 0.135. The van der Waals surface area contributed by atoms with E-state index >= 15 is 0 Å². The van der Waals surface area contributed by atoms with E-state index in [1.165, 1.54) is 0 Å². The van der Waals surface area contributed by atoms with Gasteiger partial charge in [-0.3, -0.25) is 4.79 Å². The van der Waals surface area contributed by atoms with Crippen LogP contribution in [0.5, 0.6) is 0 Å². The average molecular weight is 202 g/mol. The number of Topliss-reactive ketones (excluding diaryl/α,β-unsaturated/α-hetero) is 1. The highest BCUT2D eigenvalue weighted by molar-refractivity contribution is 5.97. The Balaban J connectivity index is 2.73. The number of carbonyl (C=O) groups is 1. The van der Waals surface area contributed by atoms with Crippen molar-refractivity contribution in [1.29, 1.82) is 0 Å². The largest absolute Gasteiger partial charge is 0.422 e. The Labute approximate surface area is 86.3 Å². The molecule has 3 heteroatoms. The van der Waals surface area contributed by atoms with E-state index in [0.29, 0.717) is 12.0 Å². The first kappa shape index (κ1) is 9.65. The molecule has 0 saturated carbocycles. The molecule has 0 N–H and O–H groups in total. The minimum Gasteiger partial charge on any atom is -0.422 e. The van der Waals surface area contributed by atoms with Gasteiger partial charge in [0.1, 0.15) is 11.1 Å². The summed E-state index contributed by atoms with van der Waals surface area (Å²) in [5, 5.41) is 0.772. The number of carbonyl (C=O) groups excluding carboxylic acids is 1. The molecule has 15 heavy (non-hydrogen) atoms. The average Bonchev–Trinajstić information content (AvgIpc) is 2.27. The molecule has 0 unspecified atom stereocenters. The van der Waals surface area contributed by atoms with Gasteiger partial charge in [-0.25, -0.2) is 4.79 Å². The summed E-state index contributed by atoms with van der Waals surface area (Å²) in [4.78, 5) is 22.9. The number of hydrogen-bond acceptors (Lipinski definition) is 3. The molecule has 1 aromatic carbocycles. The van der Waals surface area contributed by atoms with Gasteiger partial charge in [0.2, 0.25) is 0 Å². The smallest absolute Gasteiger partial charge is 0.347 e. The molecule has 0 fully saturated rings. The Kier molecular flexibility index (Phi) is 2.37. The molecule has 0 spiro atoms. The predicted octanol–water partition coefficient (Wildman–Crippen LogP) is 2.39. The fourth-order valence-corrected chi connectivity index (χ4v) is 1.45. The van der Waals surface area contributed by atoms with E-state index in [2.05, 4.69) is 0 Å². The van der Waals surface area contributed by atoms with Gasteiger partial charge in [-0.2, -0.15) is 0 Å². The lowest BCUT2D eigenvalue weighted by molar-refractivity contribution is 0.0985. The van der Waals surface area contributed by atoms with Crippen LogP contribution in [0.15, 0.2) is 39.5 Å². The molecule has 2 rings (SSSR count). The zero-order chi connectivity index (χ0) is 10.8. The number of benzene rings is 1. The molecular weight excluding hydrogens is 192 g/mol. The first-order valence-electron chi connectivity index (χ1n) is 4.78. The summed E-state index contributed by atoms with van der Waals surface area (Å²) >= 11 is 0. The van der Waals surface area contributed by atoms with Crippen LogP contribution in [0.2, 0.25) is 0 Å². The monoisotopic (exact) mass is 202 g/mol. The molecule has 0 aliphatic rings. The van der Waals surface area contributed by atoms with Crippen molar-refractivity contribution in [2.24, 2.45) is 0 Å². The van der Waals surface area contributed by atoms with Crippen LogP contribution in [-0.4, -0.2) is 5.78 Å². The van der Waals surface area contributed by atoms with Gasteiger partial charge >= 0.3 is 5.63 Å². The minimum atomic E-state index is -0.555. The molecule has 0 bridgehead atoms. The van der Waals surface area contributed by atoms with Crippen LogP contribution in [0.25, 0.3) is 11.0 Å². The van der Waals surface area contributed by atoms with Crippen molar-refractivity contribution < 1.29 is 9.21 Å². The van der Waals surface area contributed by atoms with E-state index < -0.39 is 5.63 Å². The number of rotatable bonds is 2. The number of ketones is 1. The van der Waals surface area contributed by atoms with Crippen molar-refractivity contribution in [2.45, 2.75) is 13.3 Å². The number of hydrogen-bond donors (Lipinski definition) is 0. The molecule has 76 valence electrons. The maximum Gasteiger partial charge on any atom is 0.347 e. The van der Waals surface area contributed by atoms with E-state index in [-0.39, 0.29) is 11.3 Å². The highest BCUT2D eigenvalue weighted by Gasteiger charge is 2.10. The topological polar surface area (TPSA) is 47.3 Å². The second-order valence-corrected chi connectivity index (χ2v) is 3.26. The summed E-state index contributed by atoms with van der Waals surface area (Å²) in [6.45, 7) is 1.72. The first-order chi connectivity index (χ1) is 7.22. The third-order valence-corrected chi connectivity index (χ3v) is 2.26. The predicted molar refractivity (Wildman–Crippen MR) is 57.1 cm³/mol. The van der Waals surface area contributed by atoms with Crippen molar-refractivity contribution in [1.82, 2.24) is 0 Å². The van der Waals surface area contributed by atoms with Crippen LogP contribution < -0.4 is 5.63 Å². The highest BCUT2D eigenvalue weighted by atomic mass is 16.4. The second-order valence-electron chi connectivity index (χ2n) is 3.26. The lowest BCUT2D eigenvalue weighted by atomic mass is 10.1. The van der Waals surface area contributed by atoms with E-state index in [1.807, 2.05) is 12.1 Å². The lowest BCUT2D eigenvalue weighted by Crippen LogP contribution is -2.12. The first-order valence-corrected chi connectivity index (χ1v) is 4.78. The van der Waals surface area contributed by atoms with Crippen molar-refractivity contribution in [2.75, 3.05) is 0 Å². The van der Waals surface area contributed by atoms with Crippen molar-refractivity contribution in [3.8, 4) is 0 Å². The molecule has 0 aliphatic carbocycles. The zero-order valence-corrected chi connectivity index (χ0v) is 8.32. The van der Waals surface area contributed by atoms with Gasteiger partial charge in [-0.05, 0) is 12.1 Å². The zero-order valence-electron chi connectivity index (χ0n) is 8.32. The highest BCUT2D eigenvalue weighted by Crippen LogP contribution is 2.13. The Bertz CT molecular complexity index is 566. The molecule has 0 amide bonds. The lowest BCUT2D eigenvalue weighted by Gasteiger charge is -1.99. The summed E-state index contributed by atoms with van der Waals surface area (Å²) in [5.41, 5.74) is 0.0897. The molecular formula is C12H10O3. The quantitative estimate of drug-likeness (QED) is 0.555. The molecule has 0 atom stereocenters. The van der Waals surface area contributed by atoms with Crippen LogP contribution in [0.3, 0.4) is 0 Å². The van der Waals surface area contributed by atoms with Gasteiger partial charge in [0.25, 0.3) is 0 Å². The summed E-state index contributed by atoms with van der Waals surface area (Å²) in [5.74, 6) is -0.186. The van der Waals surface area contributed by atoms with E-state index in [1.54, 1.807) is 25.1 Å². The van der Waals surface area contributed by atoms with E-state index in [0.717, 1.165) is 5.39 Å². The maximum absolute atomic E-state index is 11.4. The standard InChI is InChI=1S/C12H10O3/c1-2-10(13)9-7-8-5-3-4-6-11(8)15-12(9)14/h3-7H,2H2,1H3. The van der Waals surface area contributed by atoms with Crippen molar-refractivity contribution in [3.05, 3.63) is 46.3 Å². The van der Waals surface area contributed by atoms with E-state index in [4.69, 9.17) is 4.42 Å². The van der Waals surface area contributed by atoms with Crippen LogP contribution in [0.4, 0.5) is 0 Å². The normalized spacial score (nSPS) is 10.5. The summed E-state index contributed by atoms with van der Waals surface area (Å²) in [7, 11) is 0. The van der Waals surface area contributed by atoms with Gasteiger partial charge in [0, 0.05) is 11.8 Å². The second kappa shape index (κ2) is 3.69. The molecule has 0 aliphatic heterocycles. The fraction of sp³-hybridized carbons (Fsp3) is 0.167. The fourth-order valence-electron chi connectivity index (χ4n) is 1.45. The van der Waals surface area contributed by atoms with E-state index in [9.17, 15) is 9.59 Å². The van der Waals surface area contributed by atoms with Crippen LogP contribution in [0.1, 0.15) is 23.7 Å². The number of fused-ring (bicyclic) bond motifs is 1. The Morgan fingerprint density at radius 1 is 1.33 bits per heavy atom. The summed E-state index contributed by atoms with van der Waals surface area (Å²) < 4.78 is 5.04. The summed E-state index contributed by atoms with van der Waals surface area (Å²) in [6, 6.07) is 8.73. The van der Waals surface area contributed by atoms with Gasteiger partial charge in [-0.15, -0.1) is 0 Å². The molecule has 0 saturated heterocycles. The molecule has 2 aromatic rings. The Hall–Kier alpha value is -1.90. The van der Waals surface area contributed by atoms with Gasteiger partial charge < -0.3 is 4.42 Å². The third kappa shape index (κ3) is 1.68. The Morgan fingerprint density at radius 2 is 2.07 bits per heavy atom. The molecule has 3 nitrogen and oxygen atoms in total. The molecule has 0 radical (unpaired) electrons. The van der Waals surface area contributed by atoms with Crippen LogP contribution >= 0.6 is 0 Å². The Morgan fingerprint density at radius 3 is 2.80 bits per heavy atom. The van der Waals surface area contributed by atoms with Gasteiger partial charge in [0.05, 0.1) is 0 Å². The molecule has 1 heterocycles. The van der Waals surface area contributed by atoms with Gasteiger partial charge in [0.15, 0.2) is 5.78 Å². The SMILES string of the molecule is CCC(=O)c1cc2ccccc2oc1=O. The van der Waals surface area contributed by atoms with Crippen molar-refractivity contribution in [3.63, 3.8) is 0 Å². The number of para-hydroxylation sites is 1. The van der Waals surface area contributed by atoms with Crippen LogP contribution in [-0.2, 0) is 0 Å². The summed E-state index contributed by atoms with van der Waals surface area (Å²) in [6.07, 6.45) is 0.309. The van der Waals surface area contributed by atoms with Gasteiger partial charge in [-0.1, -0.05) is 25.1 Å². The van der Waals surface area contributed by atoms with Crippen LogP contribution in [0, 0.1) is 0 Å². The third-order valence-electron chi connectivity index (χ3n) is 2.26. The maximum atomic E-state index is 11.4. The van der Waals surface area contributed by atoms with Crippen molar-refractivity contribution >= 4 is 16.8 Å². The molecule has 1 aromatic heterocycles.